The van der Waals surface area contributed by atoms with Gasteiger partial charge in [-0.05, 0) is 43.0 Å². The number of rotatable bonds is 5. The van der Waals surface area contributed by atoms with Gasteiger partial charge < -0.3 is 15.9 Å². The highest BCUT2D eigenvalue weighted by atomic mass is 19.4. The van der Waals surface area contributed by atoms with Crippen molar-refractivity contribution in [3.8, 4) is 11.3 Å². The minimum Gasteiger partial charge on any atom is -0.480 e. The van der Waals surface area contributed by atoms with E-state index in [1.54, 1.807) is 34.9 Å². The zero-order chi connectivity index (χ0) is 25.2. The van der Waals surface area contributed by atoms with Gasteiger partial charge in [0.05, 0.1) is 5.56 Å². The Morgan fingerprint density at radius 3 is 2.34 bits per heavy atom. The van der Waals surface area contributed by atoms with E-state index in [4.69, 9.17) is 5.73 Å². The second-order valence-corrected chi connectivity index (χ2v) is 8.93. The number of imidazole rings is 1. The van der Waals surface area contributed by atoms with Crippen molar-refractivity contribution < 1.29 is 28.2 Å². The number of aliphatic carboxylic acids is 1. The summed E-state index contributed by atoms with van der Waals surface area (Å²) < 4.78 is 41.1. The van der Waals surface area contributed by atoms with Gasteiger partial charge in [-0.25, -0.2) is 9.97 Å². The smallest absolute Gasteiger partial charge is 0.416 e. The third-order valence-electron chi connectivity index (χ3n) is 6.64. The van der Waals surface area contributed by atoms with Crippen molar-refractivity contribution in [2.45, 2.75) is 37.0 Å². The summed E-state index contributed by atoms with van der Waals surface area (Å²) in [6.07, 6.45) is -0.513. The van der Waals surface area contributed by atoms with E-state index in [9.17, 15) is 28.2 Å². The highest BCUT2D eigenvalue weighted by Gasteiger charge is 2.55. The number of hydrogen-bond acceptors (Lipinski definition) is 5. The number of aliphatic hydroxyl groups is 1. The molecule has 35 heavy (non-hydrogen) atoms. The fourth-order valence-corrected chi connectivity index (χ4v) is 4.38. The molecule has 0 saturated heterocycles. The van der Waals surface area contributed by atoms with Gasteiger partial charge in [0.1, 0.15) is 33.9 Å². The molecule has 0 spiro atoms. The molecule has 0 amide bonds. The SMILES string of the molecule is CC(O)(c1ccc(-c2nc(C3(C(=O)O)CC3)n3ccnc(N)c23)cc1)c1cccc(C(F)(F)F)c1. The van der Waals surface area contributed by atoms with Crippen LogP contribution in [0.15, 0.2) is 60.9 Å². The number of carbonyl (C=O) groups is 1. The van der Waals surface area contributed by atoms with Crippen LogP contribution in [0.25, 0.3) is 16.8 Å². The maximum atomic E-state index is 13.2. The Hall–Kier alpha value is -3.92. The van der Waals surface area contributed by atoms with Gasteiger partial charge in [-0.1, -0.05) is 36.4 Å². The molecule has 5 rings (SSSR count). The van der Waals surface area contributed by atoms with Crippen LogP contribution in [0.2, 0.25) is 0 Å². The number of anilines is 1. The lowest BCUT2D eigenvalue weighted by Crippen LogP contribution is -2.23. The molecule has 4 N–H and O–H groups in total. The van der Waals surface area contributed by atoms with Gasteiger partial charge in [-0.2, -0.15) is 13.2 Å². The summed E-state index contributed by atoms with van der Waals surface area (Å²) in [5.74, 6) is -0.412. The summed E-state index contributed by atoms with van der Waals surface area (Å²) in [7, 11) is 0. The van der Waals surface area contributed by atoms with Crippen LogP contribution in [-0.4, -0.2) is 30.6 Å². The van der Waals surface area contributed by atoms with Crippen molar-refractivity contribution in [2.24, 2.45) is 0 Å². The predicted molar refractivity (Wildman–Crippen MR) is 122 cm³/mol. The molecule has 7 nitrogen and oxygen atoms in total. The summed E-state index contributed by atoms with van der Waals surface area (Å²) in [5.41, 5.74) is 4.47. The molecule has 10 heteroatoms. The molecule has 1 aliphatic rings. The Bertz CT molecular complexity index is 1460. The number of benzene rings is 2. The standard InChI is InChI=1S/C25H21F3N4O3/c1-23(35,16-3-2-4-17(13-16)25(26,27)28)15-7-5-14(6-8-15)18-19-20(29)30-11-12-32(19)21(31-18)24(9-10-24)22(33)34/h2-8,11-13,35H,9-10H2,1H3,(H2,29,30)(H,33,34). The van der Waals surface area contributed by atoms with E-state index < -0.39 is 28.7 Å². The molecular weight excluding hydrogens is 461 g/mol. The molecule has 0 radical (unpaired) electrons. The minimum absolute atomic E-state index is 0.0976. The molecular formula is C25H21F3N4O3. The van der Waals surface area contributed by atoms with Crippen LogP contribution in [0.3, 0.4) is 0 Å². The fourth-order valence-electron chi connectivity index (χ4n) is 4.38. The van der Waals surface area contributed by atoms with Gasteiger partial charge in [-0.15, -0.1) is 0 Å². The van der Waals surface area contributed by atoms with Crippen LogP contribution in [0.5, 0.6) is 0 Å². The highest BCUT2D eigenvalue weighted by Crippen LogP contribution is 2.49. The number of nitrogen functional groups attached to an aromatic ring is 1. The Kier molecular flexibility index (Phi) is 4.92. The maximum absolute atomic E-state index is 13.2. The number of nitrogens with two attached hydrogens (primary N) is 1. The zero-order valence-corrected chi connectivity index (χ0v) is 18.5. The van der Waals surface area contributed by atoms with Gasteiger partial charge in [0.15, 0.2) is 0 Å². The van der Waals surface area contributed by atoms with Gasteiger partial charge in [-0.3, -0.25) is 9.20 Å². The summed E-state index contributed by atoms with van der Waals surface area (Å²) in [6, 6.07) is 11.1. The number of carboxylic acid groups (broad SMARTS) is 1. The van der Waals surface area contributed by atoms with E-state index in [0.29, 0.717) is 41.0 Å². The lowest BCUT2D eigenvalue weighted by Gasteiger charge is -2.25. The number of nitrogens with zero attached hydrogens (tertiary/aromatic N) is 3. The second-order valence-electron chi connectivity index (χ2n) is 8.93. The van der Waals surface area contributed by atoms with Crippen molar-refractivity contribution in [1.82, 2.24) is 14.4 Å². The third-order valence-corrected chi connectivity index (χ3v) is 6.64. The number of alkyl halides is 3. The number of halogens is 3. The van der Waals surface area contributed by atoms with Crippen LogP contribution in [0.1, 0.15) is 42.3 Å². The summed E-state index contributed by atoms with van der Waals surface area (Å²) >= 11 is 0. The maximum Gasteiger partial charge on any atom is 0.416 e. The number of carboxylic acids is 1. The van der Waals surface area contributed by atoms with Gasteiger partial charge >= 0.3 is 12.1 Å². The van der Waals surface area contributed by atoms with E-state index >= 15 is 0 Å². The molecule has 2 aromatic carbocycles. The topological polar surface area (TPSA) is 114 Å². The first-order valence-corrected chi connectivity index (χ1v) is 10.8. The largest absolute Gasteiger partial charge is 0.480 e. The lowest BCUT2D eigenvalue weighted by atomic mass is 9.87. The Balaban J connectivity index is 1.57. The van der Waals surface area contributed by atoms with E-state index in [-0.39, 0.29) is 11.4 Å². The second kappa shape index (κ2) is 7.54. The first-order chi connectivity index (χ1) is 16.4. The van der Waals surface area contributed by atoms with E-state index in [1.165, 1.54) is 25.3 Å². The molecule has 2 heterocycles. The summed E-state index contributed by atoms with van der Waals surface area (Å²) in [5, 5.41) is 20.9. The number of fused-ring (bicyclic) bond motifs is 1. The minimum atomic E-state index is -4.53. The quantitative estimate of drug-likeness (QED) is 0.389. The van der Waals surface area contributed by atoms with Crippen molar-refractivity contribution in [2.75, 3.05) is 5.73 Å². The Morgan fingerprint density at radius 2 is 1.74 bits per heavy atom. The molecule has 4 aromatic rings. The molecule has 1 unspecified atom stereocenters. The van der Waals surface area contributed by atoms with E-state index in [2.05, 4.69) is 9.97 Å². The number of hydrogen-bond donors (Lipinski definition) is 3. The Labute approximate surface area is 197 Å². The van der Waals surface area contributed by atoms with Crippen LogP contribution in [0, 0.1) is 0 Å². The van der Waals surface area contributed by atoms with Crippen molar-refractivity contribution >= 4 is 17.3 Å². The Morgan fingerprint density at radius 1 is 1.09 bits per heavy atom. The molecule has 2 aromatic heterocycles. The summed E-state index contributed by atoms with van der Waals surface area (Å²) in [4.78, 5) is 20.7. The molecule has 180 valence electrons. The van der Waals surface area contributed by atoms with Crippen molar-refractivity contribution in [1.29, 1.82) is 0 Å². The molecule has 0 bridgehead atoms. The first-order valence-electron chi connectivity index (χ1n) is 10.8. The van der Waals surface area contributed by atoms with Gasteiger partial charge in [0.25, 0.3) is 0 Å². The molecule has 1 saturated carbocycles. The fraction of sp³-hybridized carbons (Fsp3) is 0.240. The normalized spacial score (nSPS) is 16.7. The molecule has 1 fully saturated rings. The van der Waals surface area contributed by atoms with Crippen LogP contribution in [-0.2, 0) is 22.0 Å². The lowest BCUT2D eigenvalue weighted by molar-refractivity contribution is -0.140. The average molecular weight is 482 g/mol. The van der Waals surface area contributed by atoms with E-state index in [0.717, 1.165) is 12.1 Å². The van der Waals surface area contributed by atoms with Gasteiger partial charge in [0, 0.05) is 18.0 Å². The average Bonchev–Trinajstić information content (AvgIpc) is 3.54. The third kappa shape index (κ3) is 3.61. The van der Waals surface area contributed by atoms with E-state index in [1.807, 2.05) is 0 Å². The zero-order valence-electron chi connectivity index (χ0n) is 18.5. The highest BCUT2D eigenvalue weighted by molar-refractivity contribution is 5.89. The van der Waals surface area contributed by atoms with Crippen LogP contribution < -0.4 is 5.73 Å². The summed E-state index contributed by atoms with van der Waals surface area (Å²) in [6.45, 7) is 1.42. The number of aromatic nitrogens is 3. The van der Waals surface area contributed by atoms with Gasteiger partial charge in [0.2, 0.25) is 0 Å². The van der Waals surface area contributed by atoms with Crippen molar-refractivity contribution in [3.05, 3.63) is 83.4 Å². The van der Waals surface area contributed by atoms with Crippen molar-refractivity contribution in [3.63, 3.8) is 0 Å². The van der Waals surface area contributed by atoms with Crippen LogP contribution >= 0.6 is 0 Å². The van der Waals surface area contributed by atoms with Crippen LogP contribution in [0.4, 0.5) is 19.0 Å². The molecule has 1 aliphatic carbocycles. The molecule has 0 aliphatic heterocycles. The first kappa shape index (κ1) is 22.9. The molecule has 1 atom stereocenters. The predicted octanol–water partition coefficient (Wildman–Crippen LogP) is 4.37. The monoisotopic (exact) mass is 482 g/mol.